The molecule has 1 aliphatic carbocycles. The summed E-state index contributed by atoms with van der Waals surface area (Å²) in [6, 6.07) is 10.4. The molecule has 3 heterocycles. The van der Waals surface area contributed by atoms with Crippen LogP contribution in [-0.2, 0) is 13.0 Å². The van der Waals surface area contributed by atoms with Crippen LogP contribution >= 0.6 is 0 Å². The topological polar surface area (TPSA) is 44.9 Å². The zero-order valence-corrected chi connectivity index (χ0v) is 12.7. The Kier molecular flexibility index (Phi) is 2.63. The number of hydrogen-bond acceptors (Lipinski definition) is 3. The van der Waals surface area contributed by atoms with Gasteiger partial charge in [-0.25, -0.2) is 4.98 Å². The summed E-state index contributed by atoms with van der Waals surface area (Å²) in [5.41, 5.74) is 2.90. The zero-order chi connectivity index (χ0) is 14.7. The first-order valence-electron chi connectivity index (χ1n) is 8.50. The molecule has 2 aromatic rings. The highest BCUT2D eigenvalue weighted by atomic mass is 15.3. The summed E-state index contributed by atoms with van der Waals surface area (Å²) in [7, 11) is 0. The summed E-state index contributed by atoms with van der Waals surface area (Å²) >= 11 is 0. The Morgan fingerprint density at radius 3 is 2.73 bits per heavy atom. The molecule has 112 valence electrons. The third kappa shape index (κ3) is 1.69. The molecular formula is C18H20N4. The second-order valence-electron chi connectivity index (χ2n) is 7.07. The molecule has 2 bridgehead atoms. The number of hydrogen-bond donors (Lipinski definition) is 0. The molecule has 5 rings (SSSR count). The Labute approximate surface area is 130 Å². The van der Waals surface area contributed by atoms with Crippen LogP contribution in [0.4, 0.5) is 0 Å². The highest BCUT2D eigenvalue weighted by Crippen LogP contribution is 2.39. The van der Waals surface area contributed by atoms with Crippen LogP contribution in [0.2, 0.25) is 0 Å². The quantitative estimate of drug-likeness (QED) is 0.812. The van der Waals surface area contributed by atoms with Gasteiger partial charge in [0.15, 0.2) is 0 Å². The molecular weight excluding hydrogens is 272 g/mol. The molecule has 0 amide bonds. The van der Waals surface area contributed by atoms with E-state index in [0.717, 1.165) is 24.5 Å². The molecule has 0 spiro atoms. The van der Waals surface area contributed by atoms with E-state index in [-0.39, 0.29) is 0 Å². The molecule has 0 N–H and O–H groups in total. The minimum absolute atomic E-state index is 0.684. The van der Waals surface area contributed by atoms with Crippen molar-refractivity contribution in [2.75, 3.05) is 0 Å². The molecule has 0 radical (unpaired) electrons. The van der Waals surface area contributed by atoms with Crippen LogP contribution in [0.1, 0.15) is 43.5 Å². The number of aromatic nitrogens is 2. The summed E-state index contributed by atoms with van der Waals surface area (Å²) in [5.74, 6) is 1.22. The number of fused-ring (bicyclic) bond motifs is 5. The fourth-order valence-electron chi connectivity index (χ4n) is 4.69. The number of benzene rings is 1. The highest BCUT2D eigenvalue weighted by Gasteiger charge is 2.42. The van der Waals surface area contributed by atoms with E-state index < -0.39 is 0 Å². The molecule has 4 heteroatoms. The van der Waals surface area contributed by atoms with E-state index in [9.17, 15) is 0 Å². The third-order valence-electron chi connectivity index (χ3n) is 5.94. The van der Waals surface area contributed by atoms with Gasteiger partial charge in [-0.1, -0.05) is 6.42 Å². The second kappa shape index (κ2) is 4.57. The highest BCUT2D eigenvalue weighted by molar-refractivity contribution is 5.77. The number of nitrogens with zero attached hydrogens (tertiary/aromatic N) is 4. The van der Waals surface area contributed by atoms with Crippen LogP contribution in [0.5, 0.6) is 0 Å². The largest absolute Gasteiger partial charge is 0.326 e. The molecule has 3 aliphatic rings. The molecule has 2 aliphatic heterocycles. The van der Waals surface area contributed by atoms with Gasteiger partial charge in [0.1, 0.15) is 5.82 Å². The molecule has 1 saturated heterocycles. The van der Waals surface area contributed by atoms with Crippen molar-refractivity contribution in [2.24, 2.45) is 0 Å². The van der Waals surface area contributed by atoms with Crippen LogP contribution in [0.15, 0.2) is 18.2 Å². The maximum Gasteiger partial charge on any atom is 0.111 e. The first-order chi connectivity index (χ1) is 10.8. The van der Waals surface area contributed by atoms with Crippen molar-refractivity contribution in [3.05, 3.63) is 29.6 Å². The summed E-state index contributed by atoms with van der Waals surface area (Å²) in [6.07, 6.45) is 7.92. The lowest BCUT2D eigenvalue weighted by Gasteiger charge is -2.41. The minimum atomic E-state index is 0.684. The van der Waals surface area contributed by atoms with Gasteiger partial charge >= 0.3 is 0 Å². The predicted octanol–water partition coefficient (Wildman–Crippen LogP) is 2.85. The smallest absolute Gasteiger partial charge is 0.111 e. The number of rotatable bonds is 1. The van der Waals surface area contributed by atoms with Crippen LogP contribution in [0.3, 0.4) is 0 Å². The van der Waals surface area contributed by atoms with Gasteiger partial charge in [-0.15, -0.1) is 0 Å². The van der Waals surface area contributed by atoms with E-state index in [4.69, 9.17) is 10.2 Å². The standard InChI is InChI=1S/C18H20N4/c19-10-12-4-7-17-16(8-12)20-18-9-14-5-6-15(11-21(17)18)22(14)13-2-1-3-13/h4,7-8,13-15H,1-3,5-6,9,11H2. The van der Waals surface area contributed by atoms with E-state index in [1.54, 1.807) is 0 Å². The van der Waals surface area contributed by atoms with Gasteiger partial charge in [-0.2, -0.15) is 5.26 Å². The lowest BCUT2D eigenvalue weighted by molar-refractivity contribution is 0.0739. The molecule has 2 atom stereocenters. The Morgan fingerprint density at radius 2 is 1.95 bits per heavy atom. The lowest BCUT2D eigenvalue weighted by atomic mass is 9.90. The van der Waals surface area contributed by atoms with Gasteiger partial charge in [0.2, 0.25) is 0 Å². The van der Waals surface area contributed by atoms with Crippen molar-refractivity contribution in [3.8, 4) is 6.07 Å². The molecule has 1 saturated carbocycles. The normalized spacial score (nSPS) is 28.1. The lowest BCUT2D eigenvalue weighted by Crippen LogP contribution is -2.48. The molecule has 2 fully saturated rings. The fourth-order valence-corrected chi connectivity index (χ4v) is 4.69. The molecule has 22 heavy (non-hydrogen) atoms. The Bertz CT molecular complexity index is 780. The maximum absolute atomic E-state index is 9.08. The van der Waals surface area contributed by atoms with Gasteiger partial charge in [-0.05, 0) is 43.9 Å². The summed E-state index contributed by atoms with van der Waals surface area (Å²) < 4.78 is 2.42. The Morgan fingerprint density at radius 1 is 1.09 bits per heavy atom. The average molecular weight is 292 g/mol. The molecule has 2 unspecified atom stereocenters. The number of nitriles is 1. The van der Waals surface area contributed by atoms with Crippen LogP contribution in [0, 0.1) is 11.3 Å². The first-order valence-corrected chi connectivity index (χ1v) is 8.50. The van der Waals surface area contributed by atoms with Crippen molar-refractivity contribution in [2.45, 2.75) is 63.2 Å². The van der Waals surface area contributed by atoms with Gasteiger partial charge in [0.05, 0.1) is 22.7 Å². The monoisotopic (exact) mass is 292 g/mol. The second-order valence-corrected chi connectivity index (χ2v) is 7.07. The van der Waals surface area contributed by atoms with E-state index in [0.29, 0.717) is 17.6 Å². The van der Waals surface area contributed by atoms with Gasteiger partial charge < -0.3 is 4.57 Å². The van der Waals surface area contributed by atoms with Gasteiger partial charge in [0.25, 0.3) is 0 Å². The summed E-state index contributed by atoms with van der Waals surface area (Å²) in [6.45, 7) is 1.07. The van der Waals surface area contributed by atoms with Gasteiger partial charge in [-0.3, -0.25) is 4.90 Å². The SMILES string of the molecule is N#Cc1ccc2c(c1)nc1n2CC2CCC(C1)N2C1CCC1. The number of imidazole rings is 1. The average Bonchev–Trinajstić information content (AvgIpc) is 2.95. The van der Waals surface area contributed by atoms with E-state index in [1.807, 2.05) is 12.1 Å². The molecule has 1 aromatic heterocycles. The zero-order valence-electron chi connectivity index (χ0n) is 12.7. The minimum Gasteiger partial charge on any atom is -0.326 e. The maximum atomic E-state index is 9.08. The van der Waals surface area contributed by atoms with Crippen molar-refractivity contribution < 1.29 is 0 Å². The van der Waals surface area contributed by atoms with E-state index in [1.165, 1.54) is 43.4 Å². The van der Waals surface area contributed by atoms with Crippen molar-refractivity contribution >= 4 is 11.0 Å². The van der Waals surface area contributed by atoms with Crippen LogP contribution < -0.4 is 0 Å². The van der Waals surface area contributed by atoms with E-state index >= 15 is 0 Å². The Hall–Kier alpha value is -1.86. The fraction of sp³-hybridized carbons (Fsp3) is 0.556. The predicted molar refractivity (Wildman–Crippen MR) is 84.4 cm³/mol. The Balaban J connectivity index is 1.58. The van der Waals surface area contributed by atoms with Crippen molar-refractivity contribution in [3.63, 3.8) is 0 Å². The first kappa shape index (κ1) is 12.7. The molecule has 4 nitrogen and oxygen atoms in total. The summed E-state index contributed by atoms with van der Waals surface area (Å²) in [4.78, 5) is 7.69. The van der Waals surface area contributed by atoms with Crippen molar-refractivity contribution in [1.82, 2.24) is 14.5 Å². The van der Waals surface area contributed by atoms with Crippen LogP contribution in [-0.4, -0.2) is 32.6 Å². The van der Waals surface area contributed by atoms with E-state index in [2.05, 4.69) is 21.6 Å². The van der Waals surface area contributed by atoms with Crippen LogP contribution in [0.25, 0.3) is 11.0 Å². The third-order valence-corrected chi connectivity index (χ3v) is 5.94. The molecule has 1 aromatic carbocycles. The van der Waals surface area contributed by atoms with Gasteiger partial charge in [0, 0.05) is 31.1 Å². The summed E-state index contributed by atoms with van der Waals surface area (Å²) in [5, 5.41) is 9.08. The van der Waals surface area contributed by atoms with Crippen molar-refractivity contribution in [1.29, 1.82) is 5.26 Å².